The predicted molar refractivity (Wildman–Crippen MR) is 81.9 cm³/mol. The fourth-order valence-corrected chi connectivity index (χ4v) is 3.21. The molecule has 0 spiro atoms. The average Bonchev–Trinajstić information content (AvgIpc) is 3.11. The van der Waals surface area contributed by atoms with Crippen LogP contribution >= 0.6 is 0 Å². The number of hydrogen-bond acceptors (Lipinski definition) is 4. The third-order valence-corrected chi connectivity index (χ3v) is 4.54. The number of hydrogen-bond donors (Lipinski definition) is 1. The first-order valence-corrected chi connectivity index (χ1v) is 7.82. The second-order valence-corrected chi connectivity index (χ2v) is 5.95. The van der Waals surface area contributed by atoms with Gasteiger partial charge in [-0.2, -0.15) is 0 Å². The van der Waals surface area contributed by atoms with Gasteiger partial charge in [0.05, 0.1) is 6.04 Å². The predicted octanol–water partition coefficient (Wildman–Crippen LogP) is 2.21. The van der Waals surface area contributed by atoms with E-state index in [2.05, 4.69) is 20.8 Å². The van der Waals surface area contributed by atoms with Gasteiger partial charge in [-0.05, 0) is 35.8 Å². The Morgan fingerprint density at radius 3 is 2.59 bits per heavy atom. The maximum absolute atomic E-state index is 13.0. The quantitative estimate of drug-likeness (QED) is 0.939. The third kappa shape index (κ3) is 2.73. The zero-order chi connectivity index (χ0) is 15.4. The Balaban J connectivity index is 1.81. The fraction of sp³-hybridized carbons (Fsp3) is 0.500. The van der Waals surface area contributed by atoms with Gasteiger partial charge in [-0.15, -0.1) is 5.10 Å². The lowest BCUT2D eigenvalue weighted by Gasteiger charge is -2.36. The van der Waals surface area contributed by atoms with Crippen molar-refractivity contribution < 1.29 is 4.79 Å². The van der Waals surface area contributed by atoms with Crippen molar-refractivity contribution in [3.63, 3.8) is 0 Å². The summed E-state index contributed by atoms with van der Waals surface area (Å²) in [7, 11) is 0. The normalized spacial score (nSPS) is 18.6. The highest BCUT2D eigenvalue weighted by molar-refractivity contribution is 5.84. The molecule has 6 heteroatoms. The van der Waals surface area contributed by atoms with Crippen molar-refractivity contribution in [2.24, 2.45) is 0 Å². The van der Waals surface area contributed by atoms with E-state index >= 15 is 0 Å². The van der Waals surface area contributed by atoms with Crippen LogP contribution in [0.25, 0.3) is 0 Å². The van der Waals surface area contributed by atoms with Crippen molar-refractivity contribution in [2.75, 3.05) is 0 Å². The first kappa shape index (κ1) is 14.7. The van der Waals surface area contributed by atoms with Crippen molar-refractivity contribution in [3.05, 3.63) is 42.2 Å². The molecule has 0 unspecified atom stereocenters. The molecule has 1 aromatic heterocycles. The van der Waals surface area contributed by atoms with Crippen LogP contribution in [-0.2, 0) is 10.3 Å². The Morgan fingerprint density at radius 2 is 1.95 bits per heavy atom. The molecule has 6 nitrogen and oxygen atoms in total. The monoisotopic (exact) mass is 299 g/mol. The highest BCUT2D eigenvalue weighted by Gasteiger charge is 2.43. The van der Waals surface area contributed by atoms with Crippen LogP contribution in [0.4, 0.5) is 0 Å². The van der Waals surface area contributed by atoms with Gasteiger partial charge in [-0.1, -0.05) is 49.6 Å². The summed E-state index contributed by atoms with van der Waals surface area (Å²) in [6, 6.07) is 9.95. The van der Waals surface area contributed by atoms with Crippen LogP contribution in [-0.4, -0.2) is 26.1 Å². The summed E-state index contributed by atoms with van der Waals surface area (Å²) >= 11 is 0. The lowest BCUT2D eigenvalue weighted by atomic mass is 9.80. The van der Waals surface area contributed by atoms with Gasteiger partial charge in [-0.25, -0.2) is 4.68 Å². The summed E-state index contributed by atoms with van der Waals surface area (Å²) < 4.78 is 1.64. The minimum Gasteiger partial charge on any atom is -0.347 e. The molecule has 1 aromatic carbocycles. The minimum atomic E-state index is -0.648. The van der Waals surface area contributed by atoms with E-state index in [1.807, 2.05) is 37.3 Å². The number of benzene rings is 1. The topological polar surface area (TPSA) is 72.7 Å². The Morgan fingerprint density at radius 1 is 1.23 bits per heavy atom. The fourth-order valence-electron chi connectivity index (χ4n) is 3.21. The molecule has 116 valence electrons. The highest BCUT2D eigenvalue weighted by Crippen LogP contribution is 2.35. The maximum atomic E-state index is 13.0. The van der Waals surface area contributed by atoms with Crippen molar-refractivity contribution >= 4 is 5.91 Å². The molecule has 1 heterocycles. The van der Waals surface area contributed by atoms with Crippen molar-refractivity contribution in [3.8, 4) is 0 Å². The number of carbonyl (C=O) groups is 1. The van der Waals surface area contributed by atoms with Gasteiger partial charge in [0, 0.05) is 0 Å². The molecule has 3 rings (SSSR count). The van der Waals surface area contributed by atoms with Crippen LogP contribution in [0.2, 0.25) is 0 Å². The molecule has 2 aromatic rings. The van der Waals surface area contributed by atoms with Crippen molar-refractivity contribution in [2.45, 2.75) is 50.6 Å². The molecule has 22 heavy (non-hydrogen) atoms. The Bertz CT molecular complexity index is 605. The number of tetrazole rings is 1. The van der Waals surface area contributed by atoms with E-state index in [0.29, 0.717) is 0 Å². The number of carbonyl (C=O) groups excluding carboxylic acids is 1. The van der Waals surface area contributed by atoms with E-state index in [9.17, 15) is 4.79 Å². The molecular weight excluding hydrogens is 278 g/mol. The minimum absolute atomic E-state index is 0.0100. The molecule has 1 amide bonds. The van der Waals surface area contributed by atoms with Gasteiger partial charge >= 0.3 is 0 Å². The molecule has 0 bridgehead atoms. The van der Waals surface area contributed by atoms with E-state index < -0.39 is 5.54 Å². The molecule has 1 aliphatic carbocycles. The molecule has 1 aliphatic rings. The van der Waals surface area contributed by atoms with E-state index in [0.717, 1.165) is 37.7 Å². The Kier molecular flexibility index (Phi) is 4.18. The smallest absolute Gasteiger partial charge is 0.248 e. The summed E-state index contributed by atoms with van der Waals surface area (Å²) in [5.41, 5.74) is 0.448. The standard InChI is InChI=1S/C16H21N5O/c1-13(14-8-4-2-5-9-14)18-15(22)16(10-6-3-7-11-16)21-12-17-19-20-21/h2,4-5,8-9,12-13H,3,6-7,10-11H2,1H3,(H,18,22)/t13-/m0/s1. The molecule has 0 aliphatic heterocycles. The second kappa shape index (κ2) is 6.25. The van der Waals surface area contributed by atoms with E-state index in [1.54, 1.807) is 11.0 Å². The van der Waals surface area contributed by atoms with Crippen LogP contribution in [0, 0.1) is 0 Å². The molecular formula is C16H21N5O. The van der Waals surface area contributed by atoms with Gasteiger partial charge < -0.3 is 5.32 Å². The van der Waals surface area contributed by atoms with Crippen LogP contribution in [0.3, 0.4) is 0 Å². The van der Waals surface area contributed by atoms with Crippen LogP contribution in [0.1, 0.15) is 50.6 Å². The van der Waals surface area contributed by atoms with Crippen LogP contribution in [0.5, 0.6) is 0 Å². The lowest BCUT2D eigenvalue weighted by molar-refractivity contribution is -0.133. The molecule has 0 saturated heterocycles. The number of amides is 1. The Hall–Kier alpha value is -2.24. The van der Waals surface area contributed by atoms with Crippen LogP contribution in [0.15, 0.2) is 36.7 Å². The van der Waals surface area contributed by atoms with E-state index in [4.69, 9.17) is 0 Å². The first-order chi connectivity index (χ1) is 10.7. The number of nitrogens with zero attached hydrogens (tertiary/aromatic N) is 4. The number of aromatic nitrogens is 4. The third-order valence-electron chi connectivity index (χ3n) is 4.54. The zero-order valence-corrected chi connectivity index (χ0v) is 12.8. The van der Waals surface area contributed by atoms with Gasteiger partial charge in [0.2, 0.25) is 5.91 Å². The second-order valence-electron chi connectivity index (χ2n) is 5.95. The van der Waals surface area contributed by atoms with Crippen molar-refractivity contribution in [1.82, 2.24) is 25.5 Å². The summed E-state index contributed by atoms with van der Waals surface area (Å²) in [6.07, 6.45) is 6.32. The zero-order valence-electron chi connectivity index (χ0n) is 12.8. The molecule has 1 saturated carbocycles. The maximum Gasteiger partial charge on any atom is 0.248 e. The summed E-state index contributed by atoms with van der Waals surface area (Å²) in [6.45, 7) is 2.00. The molecule has 1 fully saturated rings. The molecule has 1 N–H and O–H groups in total. The molecule has 0 radical (unpaired) electrons. The van der Waals surface area contributed by atoms with Gasteiger partial charge in [0.1, 0.15) is 11.9 Å². The van der Waals surface area contributed by atoms with E-state index in [-0.39, 0.29) is 11.9 Å². The van der Waals surface area contributed by atoms with E-state index in [1.165, 1.54) is 0 Å². The number of nitrogens with one attached hydrogen (secondary N) is 1. The number of rotatable bonds is 4. The summed E-state index contributed by atoms with van der Waals surface area (Å²) in [5.74, 6) is 0.0100. The SMILES string of the molecule is C[C@H](NC(=O)C1(n2cnnn2)CCCCC1)c1ccccc1. The van der Waals surface area contributed by atoms with Gasteiger partial charge in [0.25, 0.3) is 0 Å². The van der Waals surface area contributed by atoms with Gasteiger partial charge in [-0.3, -0.25) is 4.79 Å². The first-order valence-electron chi connectivity index (χ1n) is 7.82. The largest absolute Gasteiger partial charge is 0.347 e. The molecule has 1 atom stereocenters. The highest BCUT2D eigenvalue weighted by atomic mass is 16.2. The summed E-state index contributed by atoms with van der Waals surface area (Å²) in [5, 5.41) is 14.6. The lowest BCUT2D eigenvalue weighted by Crippen LogP contribution is -2.51. The average molecular weight is 299 g/mol. The van der Waals surface area contributed by atoms with Crippen molar-refractivity contribution in [1.29, 1.82) is 0 Å². The summed E-state index contributed by atoms with van der Waals surface area (Å²) in [4.78, 5) is 13.0. The van der Waals surface area contributed by atoms with Gasteiger partial charge in [0.15, 0.2) is 0 Å². The van der Waals surface area contributed by atoms with Crippen LogP contribution < -0.4 is 5.32 Å². The Labute approximate surface area is 129 Å².